The number of aryl methyl sites for hydroxylation is 2. The van der Waals surface area contributed by atoms with Crippen LogP contribution in [-0.4, -0.2) is 52.3 Å². The average molecular weight is 586 g/mol. The Hall–Kier alpha value is -2.11. The van der Waals surface area contributed by atoms with Crippen LogP contribution in [0.1, 0.15) is 12.1 Å². The Kier molecular flexibility index (Phi) is 7.25. The van der Waals surface area contributed by atoms with Crippen LogP contribution >= 0.6 is 39.1 Å². The van der Waals surface area contributed by atoms with Gasteiger partial charge in [0.15, 0.2) is 0 Å². The van der Waals surface area contributed by atoms with Crippen molar-refractivity contribution >= 4 is 60.5 Å². The fourth-order valence-corrected chi connectivity index (χ4v) is 6.26. The van der Waals surface area contributed by atoms with E-state index < -0.39 is 10.0 Å². The zero-order valence-electron chi connectivity index (χ0n) is 18.8. The number of halogens is 3. The molecule has 0 saturated heterocycles. The van der Waals surface area contributed by atoms with Crippen LogP contribution in [0, 0.1) is 6.92 Å². The minimum atomic E-state index is -3.75. The summed E-state index contributed by atoms with van der Waals surface area (Å²) < 4.78 is 31.3. The number of pyridine rings is 1. The first-order valence-corrected chi connectivity index (χ1v) is 13.4. The van der Waals surface area contributed by atoms with Crippen molar-refractivity contribution in [1.82, 2.24) is 23.7 Å². The minimum Gasteiger partial charge on any atom is -0.370 e. The van der Waals surface area contributed by atoms with Gasteiger partial charge in [0.05, 0.1) is 21.9 Å². The molecule has 180 valence electrons. The van der Waals surface area contributed by atoms with Gasteiger partial charge in [0.25, 0.3) is 0 Å². The zero-order chi connectivity index (χ0) is 24.6. The summed E-state index contributed by atoms with van der Waals surface area (Å²) in [4.78, 5) is 0.0441. The van der Waals surface area contributed by atoms with Gasteiger partial charge in [0.2, 0.25) is 10.0 Å². The van der Waals surface area contributed by atoms with Crippen molar-refractivity contribution in [2.75, 3.05) is 25.5 Å². The van der Waals surface area contributed by atoms with Crippen LogP contribution in [-0.2, 0) is 17.1 Å². The summed E-state index contributed by atoms with van der Waals surface area (Å²) >= 11 is 16.1. The fraction of sp³-hybridized carbons (Fsp3) is 0.273. The van der Waals surface area contributed by atoms with E-state index in [9.17, 15) is 8.42 Å². The molecule has 4 rings (SSSR count). The van der Waals surface area contributed by atoms with Gasteiger partial charge in [-0.1, -0.05) is 41.4 Å². The maximum atomic E-state index is 13.0. The topological polar surface area (TPSA) is 84.5 Å². The van der Waals surface area contributed by atoms with Crippen LogP contribution in [0.4, 0.5) is 5.82 Å². The number of anilines is 1. The molecule has 0 aliphatic heterocycles. The number of fused-ring (bicyclic) bond motifs is 1. The van der Waals surface area contributed by atoms with Gasteiger partial charge < -0.3 is 5.32 Å². The van der Waals surface area contributed by atoms with Crippen LogP contribution in [0.2, 0.25) is 10.2 Å². The molecule has 0 amide bonds. The monoisotopic (exact) mass is 584 g/mol. The number of sulfonamides is 1. The van der Waals surface area contributed by atoms with Crippen molar-refractivity contribution in [3.05, 3.63) is 62.9 Å². The molecule has 0 aliphatic carbocycles. The Morgan fingerprint density at radius 2 is 1.94 bits per heavy atom. The van der Waals surface area contributed by atoms with E-state index >= 15 is 0 Å². The highest BCUT2D eigenvalue weighted by Crippen LogP contribution is 2.33. The molecule has 8 nitrogen and oxygen atoms in total. The molecule has 34 heavy (non-hydrogen) atoms. The summed E-state index contributed by atoms with van der Waals surface area (Å²) in [6.45, 7) is 2.46. The molecule has 1 aromatic carbocycles. The third-order valence-corrected chi connectivity index (χ3v) is 8.98. The second-order valence-electron chi connectivity index (χ2n) is 7.83. The van der Waals surface area contributed by atoms with Gasteiger partial charge in [0.1, 0.15) is 15.9 Å². The van der Waals surface area contributed by atoms with Crippen molar-refractivity contribution in [2.45, 2.75) is 18.2 Å². The van der Waals surface area contributed by atoms with E-state index in [2.05, 4.69) is 31.4 Å². The number of rotatable bonds is 8. The Morgan fingerprint density at radius 1 is 1.21 bits per heavy atom. The molecule has 0 radical (unpaired) electrons. The van der Waals surface area contributed by atoms with E-state index in [0.29, 0.717) is 30.2 Å². The van der Waals surface area contributed by atoms with Gasteiger partial charge in [-0.3, -0.25) is 4.68 Å². The highest BCUT2D eigenvalue weighted by molar-refractivity contribution is 9.10. The summed E-state index contributed by atoms with van der Waals surface area (Å²) in [6, 6.07) is 11.6. The highest BCUT2D eigenvalue weighted by Gasteiger charge is 2.29. The largest absolute Gasteiger partial charge is 0.370 e. The summed E-state index contributed by atoms with van der Waals surface area (Å²) in [5, 5.41) is 12.7. The van der Waals surface area contributed by atoms with E-state index in [1.165, 1.54) is 8.99 Å². The molecule has 1 N–H and O–H groups in total. The Morgan fingerprint density at radius 3 is 2.62 bits per heavy atom. The second-order valence-corrected chi connectivity index (χ2v) is 11.4. The quantitative estimate of drug-likeness (QED) is 0.286. The second kappa shape index (κ2) is 9.87. The van der Waals surface area contributed by atoms with E-state index in [4.69, 9.17) is 23.2 Å². The van der Waals surface area contributed by atoms with Crippen LogP contribution < -0.4 is 5.32 Å². The Labute approximate surface area is 216 Å². The minimum absolute atomic E-state index is 0.0441. The van der Waals surface area contributed by atoms with Crippen molar-refractivity contribution in [2.24, 2.45) is 7.05 Å². The number of aromatic nitrogens is 4. The molecule has 4 aromatic rings. The lowest BCUT2D eigenvalue weighted by Crippen LogP contribution is -2.29. The van der Waals surface area contributed by atoms with E-state index in [1.54, 1.807) is 31.7 Å². The third kappa shape index (κ3) is 4.70. The molecule has 3 aromatic heterocycles. The first-order valence-electron chi connectivity index (χ1n) is 10.4. The first kappa shape index (κ1) is 25.0. The molecule has 0 bridgehead atoms. The van der Waals surface area contributed by atoms with Crippen LogP contribution in [0.3, 0.4) is 0 Å². The van der Waals surface area contributed by atoms with Crippen LogP contribution in [0.25, 0.3) is 16.6 Å². The number of nitrogens with one attached hydrogen (secondary N) is 1. The predicted molar refractivity (Wildman–Crippen MR) is 139 cm³/mol. The van der Waals surface area contributed by atoms with E-state index in [1.807, 2.05) is 36.4 Å². The predicted octanol–water partition coefficient (Wildman–Crippen LogP) is 5.24. The normalized spacial score (nSPS) is 12.1. The molecule has 0 aliphatic rings. The molecule has 0 fully saturated rings. The molecule has 3 heterocycles. The molecule has 12 heteroatoms. The number of nitrogens with zero attached hydrogens (tertiary/aromatic N) is 5. The maximum Gasteiger partial charge on any atom is 0.247 e. The summed E-state index contributed by atoms with van der Waals surface area (Å²) in [6.07, 6.45) is 2.30. The number of benzene rings is 1. The number of hydrogen-bond acceptors (Lipinski definition) is 5. The van der Waals surface area contributed by atoms with Crippen molar-refractivity contribution in [3.63, 3.8) is 0 Å². The molecule has 0 atom stereocenters. The van der Waals surface area contributed by atoms with Gasteiger partial charge in [0, 0.05) is 37.8 Å². The molecule has 0 spiro atoms. The first-order chi connectivity index (χ1) is 16.1. The Balaban J connectivity index is 1.50. The van der Waals surface area contributed by atoms with Crippen molar-refractivity contribution in [1.29, 1.82) is 0 Å². The standard InChI is InChI=1S/C22H23BrCl2N6O2S/c1-14-21(22(25)30(3)28-14)34(32,33)29(2)10-6-9-26-20-12-15(16-7-4-5-8-18(16)24)11-19-17(23)13-27-31(19)20/h4-5,7-8,11-13,26H,6,9-10H2,1-3H3. The van der Waals surface area contributed by atoms with Crippen molar-refractivity contribution < 1.29 is 8.42 Å². The van der Waals surface area contributed by atoms with E-state index in [0.717, 1.165) is 26.9 Å². The lowest BCUT2D eigenvalue weighted by atomic mass is 10.1. The van der Waals surface area contributed by atoms with Gasteiger partial charge in [-0.25, -0.2) is 17.2 Å². The van der Waals surface area contributed by atoms with E-state index in [-0.39, 0.29) is 10.0 Å². The lowest BCUT2D eigenvalue weighted by molar-refractivity contribution is 0.465. The van der Waals surface area contributed by atoms with Crippen LogP contribution in [0.5, 0.6) is 0 Å². The van der Waals surface area contributed by atoms with Gasteiger partial charge in [-0.05, 0) is 53.0 Å². The maximum absolute atomic E-state index is 13.0. The summed E-state index contributed by atoms with van der Waals surface area (Å²) in [5.41, 5.74) is 3.13. The third-order valence-electron chi connectivity index (χ3n) is 5.48. The highest BCUT2D eigenvalue weighted by atomic mass is 79.9. The van der Waals surface area contributed by atoms with Crippen LogP contribution in [0.15, 0.2) is 52.0 Å². The SMILES string of the molecule is Cc1nn(C)c(Cl)c1S(=O)(=O)N(C)CCCNc1cc(-c2ccccc2Cl)cc2c(Br)cnn12. The smallest absolute Gasteiger partial charge is 0.247 e. The lowest BCUT2D eigenvalue weighted by Gasteiger charge is -2.18. The van der Waals surface area contributed by atoms with Crippen molar-refractivity contribution in [3.8, 4) is 11.1 Å². The molecule has 0 unspecified atom stereocenters. The van der Waals surface area contributed by atoms with Gasteiger partial charge >= 0.3 is 0 Å². The summed E-state index contributed by atoms with van der Waals surface area (Å²) in [7, 11) is -0.596. The van der Waals surface area contributed by atoms with Gasteiger partial charge in [-0.15, -0.1) is 0 Å². The Bertz CT molecular complexity index is 1470. The number of hydrogen-bond donors (Lipinski definition) is 1. The zero-order valence-corrected chi connectivity index (χ0v) is 22.7. The fourth-order valence-electron chi connectivity index (χ4n) is 3.73. The summed E-state index contributed by atoms with van der Waals surface area (Å²) in [5.74, 6) is 0.773. The molecule has 0 saturated carbocycles. The molecular formula is C22H23BrCl2N6O2S. The average Bonchev–Trinajstić information content (AvgIpc) is 3.29. The molecular weight excluding hydrogens is 563 g/mol. The van der Waals surface area contributed by atoms with Gasteiger partial charge in [-0.2, -0.15) is 10.2 Å².